The molecular formula is C21H32N4O7S. The summed E-state index contributed by atoms with van der Waals surface area (Å²) in [5.41, 5.74) is 6.32. The Balaban J connectivity index is 2.77. The van der Waals surface area contributed by atoms with Crippen LogP contribution >= 0.6 is 11.8 Å². The number of carbonyl (C=O) groups is 4. The first-order valence-corrected chi connectivity index (χ1v) is 11.7. The Bertz CT molecular complexity index is 819. The predicted molar refractivity (Wildman–Crippen MR) is 124 cm³/mol. The van der Waals surface area contributed by atoms with Crippen molar-refractivity contribution in [3.63, 3.8) is 0 Å². The van der Waals surface area contributed by atoms with E-state index in [0.717, 1.165) is 0 Å². The molecule has 5 atom stereocenters. The summed E-state index contributed by atoms with van der Waals surface area (Å²) in [5, 5.41) is 35.9. The number of thioether (sulfide) groups is 1. The number of amides is 3. The van der Waals surface area contributed by atoms with Gasteiger partial charge < -0.3 is 37.0 Å². The smallest absolute Gasteiger partial charge is 0.326 e. The largest absolute Gasteiger partial charge is 0.508 e. The molecule has 0 radical (unpaired) electrons. The summed E-state index contributed by atoms with van der Waals surface area (Å²) in [6.45, 7) is 2.66. The Morgan fingerprint density at radius 2 is 1.61 bits per heavy atom. The van der Waals surface area contributed by atoms with Crippen LogP contribution in [0.15, 0.2) is 24.3 Å². The number of aliphatic hydroxyl groups excluding tert-OH is 1. The topological polar surface area (TPSA) is 191 Å². The molecule has 11 nitrogen and oxygen atoms in total. The van der Waals surface area contributed by atoms with Crippen molar-refractivity contribution in [1.29, 1.82) is 0 Å². The summed E-state index contributed by atoms with van der Waals surface area (Å²) in [5.74, 6) is -2.80. The second kappa shape index (κ2) is 13.7. The van der Waals surface area contributed by atoms with E-state index in [1.54, 1.807) is 0 Å². The third kappa shape index (κ3) is 9.68. The van der Waals surface area contributed by atoms with Gasteiger partial charge in [0.1, 0.15) is 23.9 Å². The minimum Gasteiger partial charge on any atom is -0.508 e. The number of carboxylic acids is 1. The lowest BCUT2D eigenvalue weighted by Gasteiger charge is -2.25. The number of nitrogens with one attached hydrogen (secondary N) is 3. The van der Waals surface area contributed by atoms with E-state index >= 15 is 0 Å². The van der Waals surface area contributed by atoms with Gasteiger partial charge in [-0.2, -0.15) is 11.8 Å². The Hall–Kier alpha value is -2.83. The number of hydrogen-bond acceptors (Lipinski definition) is 8. The highest BCUT2D eigenvalue weighted by atomic mass is 32.2. The van der Waals surface area contributed by atoms with Gasteiger partial charge >= 0.3 is 5.97 Å². The molecule has 0 aromatic heterocycles. The normalized spacial score (nSPS) is 15.4. The maximum atomic E-state index is 12.7. The molecular weight excluding hydrogens is 452 g/mol. The number of nitrogens with two attached hydrogens (primary N) is 1. The van der Waals surface area contributed by atoms with Crippen molar-refractivity contribution >= 4 is 35.5 Å². The molecule has 0 spiro atoms. The molecule has 33 heavy (non-hydrogen) atoms. The Labute approximate surface area is 196 Å². The zero-order valence-corrected chi connectivity index (χ0v) is 19.6. The van der Waals surface area contributed by atoms with E-state index in [-0.39, 0.29) is 12.2 Å². The van der Waals surface area contributed by atoms with Gasteiger partial charge in [0.15, 0.2) is 0 Å². The van der Waals surface area contributed by atoms with Crippen molar-refractivity contribution in [3.05, 3.63) is 29.8 Å². The highest BCUT2D eigenvalue weighted by molar-refractivity contribution is 7.98. The molecule has 5 unspecified atom stereocenters. The molecule has 0 aliphatic heterocycles. The van der Waals surface area contributed by atoms with Gasteiger partial charge in [-0.1, -0.05) is 12.1 Å². The number of hydrogen-bond donors (Lipinski definition) is 7. The molecule has 8 N–H and O–H groups in total. The van der Waals surface area contributed by atoms with E-state index in [9.17, 15) is 34.5 Å². The van der Waals surface area contributed by atoms with Crippen molar-refractivity contribution in [2.45, 2.75) is 57.0 Å². The van der Waals surface area contributed by atoms with Gasteiger partial charge in [0.2, 0.25) is 17.7 Å². The van der Waals surface area contributed by atoms with Crippen LogP contribution in [-0.4, -0.2) is 81.3 Å². The number of aliphatic carboxylic acids is 1. The first kappa shape index (κ1) is 28.2. The summed E-state index contributed by atoms with van der Waals surface area (Å²) in [6.07, 6.45) is 0.880. The lowest BCUT2D eigenvalue weighted by atomic mass is 10.0. The Morgan fingerprint density at radius 3 is 2.12 bits per heavy atom. The lowest BCUT2D eigenvalue weighted by molar-refractivity contribution is -0.143. The molecule has 0 aliphatic carbocycles. The van der Waals surface area contributed by atoms with Crippen LogP contribution in [0.1, 0.15) is 25.8 Å². The molecule has 184 valence electrons. The van der Waals surface area contributed by atoms with Gasteiger partial charge in [-0.25, -0.2) is 4.79 Å². The summed E-state index contributed by atoms with van der Waals surface area (Å²) >= 11 is 1.53. The summed E-state index contributed by atoms with van der Waals surface area (Å²) in [6, 6.07) is 1.17. The number of rotatable bonds is 13. The van der Waals surface area contributed by atoms with Gasteiger partial charge in [-0.05, 0) is 50.0 Å². The third-order valence-electron chi connectivity index (χ3n) is 4.78. The standard InChI is InChI=1S/C21H32N4O7S/c1-11(23-19(29)15(22)8-9-33-3)18(28)25-17(12(2)26)20(30)24-16(21(31)32)10-13-4-6-14(27)7-5-13/h4-7,11-12,15-17,26-27H,8-10,22H2,1-3H3,(H,23,29)(H,24,30)(H,25,28)(H,31,32). The van der Waals surface area contributed by atoms with E-state index in [1.807, 2.05) is 6.26 Å². The number of aliphatic hydroxyl groups is 1. The van der Waals surface area contributed by atoms with Crippen LogP contribution in [0.2, 0.25) is 0 Å². The Morgan fingerprint density at radius 1 is 1.00 bits per heavy atom. The number of carbonyl (C=O) groups excluding carboxylic acids is 3. The average Bonchev–Trinajstić information content (AvgIpc) is 2.75. The molecule has 0 saturated heterocycles. The molecule has 3 amide bonds. The molecule has 12 heteroatoms. The molecule has 0 saturated carbocycles. The first-order chi connectivity index (χ1) is 15.5. The van der Waals surface area contributed by atoms with Crippen LogP contribution in [0, 0.1) is 0 Å². The predicted octanol–water partition coefficient (Wildman–Crippen LogP) is -1.05. The third-order valence-corrected chi connectivity index (χ3v) is 5.42. The average molecular weight is 485 g/mol. The SMILES string of the molecule is CSCCC(N)C(=O)NC(C)C(=O)NC(C(=O)NC(Cc1ccc(O)cc1)C(=O)O)C(C)O. The number of phenolic OH excluding ortho intramolecular Hbond substituents is 1. The van der Waals surface area contributed by atoms with Crippen LogP contribution in [-0.2, 0) is 25.6 Å². The van der Waals surface area contributed by atoms with E-state index in [2.05, 4.69) is 16.0 Å². The second-order valence-corrected chi connectivity index (χ2v) is 8.60. The fraction of sp³-hybridized carbons (Fsp3) is 0.524. The van der Waals surface area contributed by atoms with Gasteiger partial charge in [0.05, 0.1) is 12.1 Å². The second-order valence-electron chi connectivity index (χ2n) is 7.62. The molecule has 0 heterocycles. The van der Waals surface area contributed by atoms with Crippen molar-refractivity contribution in [3.8, 4) is 5.75 Å². The van der Waals surface area contributed by atoms with Crippen molar-refractivity contribution < 1.29 is 34.5 Å². The molecule has 1 aromatic carbocycles. The highest BCUT2D eigenvalue weighted by Gasteiger charge is 2.31. The van der Waals surface area contributed by atoms with E-state index in [0.29, 0.717) is 17.7 Å². The van der Waals surface area contributed by atoms with E-state index < -0.39 is 54.0 Å². The van der Waals surface area contributed by atoms with Crippen LogP contribution in [0.5, 0.6) is 5.75 Å². The Kier molecular flexibility index (Phi) is 11.7. The van der Waals surface area contributed by atoms with Crippen LogP contribution in [0.25, 0.3) is 0 Å². The first-order valence-electron chi connectivity index (χ1n) is 10.3. The van der Waals surface area contributed by atoms with Gasteiger partial charge in [0, 0.05) is 6.42 Å². The van der Waals surface area contributed by atoms with Crippen molar-refractivity contribution in [2.75, 3.05) is 12.0 Å². The molecule has 1 rings (SSSR count). The van der Waals surface area contributed by atoms with Crippen molar-refractivity contribution in [1.82, 2.24) is 16.0 Å². The zero-order chi connectivity index (χ0) is 25.1. The highest BCUT2D eigenvalue weighted by Crippen LogP contribution is 2.12. The summed E-state index contributed by atoms with van der Waals surface area (Å²) < 4.78 is 0. The fourth-order valence-electron chi connectivity index (χ4n) is 2.77. The molecule has 1 aromatic rings. The van der Waals surface area contributed by atoms with Gasteiger partial charge in [-0.3, -0.25) is 14.4 Å². The number of carboxylic acid groups (broad SMARTS) is 1. The molecule has 0 fully saturated rings. The summed E-state index contributed by atoms with van der Waals surface area (Å²) in [7, 11) is 0. The lowest BCUT2D eigenvalue weighted by Crippen LogP contribution is -2.59. The number of aromatic hydroxyl groups is 1. The van der Waals surface area contributed by atoms with Crippen LogP contribution < -0.4 is 21.7 Å². The number of phenols is 1. The van der Waals surface area contributed by atoms with Crippen LogP contribution in [0.4, 0.5) is 0 Å². The fourth-order valence-corrected chi connectivity index (χ4v) is 3.26. The quantitative estimate of drug-likeness (QED) is 0.183. The maximum absolute atomic E-state index is 12.7. The monoisotopic (exact) mass is 484 g/mol. The summed E-state index contributed by atoms with van der Waals surface area (Å²) in [4.78, 5) is 48.8. The van der Waals surface area contributed by atoms with Gasteiger partial charge in [-0.15, -0.1) is 0 Å². The zero-order valence-electron chi connectivity index (χ0n) is 18.8. The van der Waals surface area contributed by atoms with Crippen LogP contribution in [0.3, 0.4) is 0 Å². The molecule has 0 bridgehead atoms. The maximum Gasteiger partial charge on any atom is 0.326 e. The molecule has 0 aliphatic rings. The van der Waals surface area contributed by atoms with Gasteiger partial charge in [0.25, 0.3) is 0 Å². The number of benzene rings is 1. The minimum atomic E-state index is -1.45. The van der Waals surface area contributed by atoms with E-state index in [1.165, 1.54) is 49.9 Å². The van der Waals surface area contributed by atoms with Crippen molar-refractivity contribution in [2.24, 2.45) is 5.73 Å². The minimum absolute atomic E-state index is 0.0120. The van der Waals surface area contributed by atoms with E-state index in [4.69, 9.17) is 5.73 Å².